The van der Waals surface area contributed by atoms with E-state index in [2.05, 4.69) is 4.74 Å². The summed E-state index contributed by atoms with van der Waals surface area (Å²) in [5.74, 6) is -7.37. The minimum Gasteiger partial charge on any atom is -0.466 e. The summed E-state index contributed by atoms with van der Waals surface area (Å²) in [6.07, 6.45) is -0.598. The van der Waals surface area contributed by atoms with Crippen LogP contribution in [0.2, 0.25) is 0 Å². The maximum Gasteiger partial charge on any atom is 0.308 e. The van der Waals surface area contributed by atoms with Gasteiger partial charge in [0.05, 0.1) is 13.0 Å². The first-order valence-corrected chi connectivity index (χ1v) is 6.16. The molecule has 6 nitrogen and oxygen atoms in total. The zero-order valence-corrected chi connectivity index (χ0v) is 11.5. The van der Waals surface area contributed by atoms with Crippen molar-refractivity contribution in [2.45, 2.75) is 19.4 Å². The van der Waals surface area contributed by atoms with Crippen molar-refractivity contribution in [2.75, 3.05) is 6.61 Å². The fraction of sp³-hybridized carbons (Fsp3) is 0.308. The molecule has 1 aromatic carbocycles. The molecule has 0 radical (unpaired) electrons. The number of rotatable bonds is 6. The van der Waals surface area contributed by atoms with Gasteiger partial charge in [0, 0.05) is 12.1 Å². The van der Waals surface area contributed by atoms with E-state index >= 15 is 0 Å². The van der Waals surface area contributed by atoms with Crippen molar-refractivity contribution < 1.29 is 32.3 Å². The van der Waals surface area contributed by atoms with Gasteiger partial charge in [-0.3, -0.25) is 14.4 Å². The highest BCUT2D eigenvalue weighted by Gasteiger charge is 2.26. The number of esters is 1. The Kier molecular flexibility index (Phi) is 5.90. The second kappa shape index (κ2) is 7.43. The van der Waals surface area contributed by atoms with Gasteiger partial charge >= 0.3 is 5.97 Å². The van der Waals surface area contributed by atoms with Crippen molar-refractivity contribution in [2.24, 2.45) is 5.73 Å². The summed E-state index contributed by atoms with van der Waals surface area (Å²) in [6.45, 7) is 1.57. The molecule has 0 aromatic heterocycles. The van der Waals surface area contributed by atoms with Crippen LogP contribution in [0.5, 0.6) is 0 Å². The van der Waals surface area contributed by atoms with Crippen LogP contribution in [0.25, 0.3) is 0 Å². The molecule has 0 saturated heterocycles. The summed E-state index contributed by atoms with van der Waals surface area (Å²) < 4.78 is 44.2. The maximum absolute atomic E-state index is 13.4. The molecule has 0 aliphatic rings. The molecule has 0 aliphatic heterocycles. The first kappa shape index (κ1) is 17.5. The Morgan fingerprint density at radius 2 is 1.77 bits per heavy atom. The van der Waals surface area contributed by atoms with E-state index in [9.17, 15) is 27.6 Å². The molecule has 2 amide bonds. The van der Waals surface area contributed by atoms with Crippen LogP contribution in [0.4, 0.5) is 13.2 Å². The molecule has 0 bridgehead atoms. The van der Waals surface area contributed by atoms with Crippen molar-refractivity contribution in [3.8, 4) is 0 Å². The number of amides is 2. The van der Waals surface area contributed by atoms with E-state index in [1.165, 1.54) is 6.92 Å². The molecule has 0 heterocycles. The van der Waals surface area contributed by atoms with E-state index < -0.39 is 53.3 Å². The van der Waals surface area contributed by atoms with Gasteiger partial charge in [-0.25, -0.2) is 13.2 Å². The number of benzene rings is 1. The zero-order chi connectivity index (χ0) is 16.9. The van der Waals surface area contributed by atoms with Crippen molar-refractivity contribution in [3.05, 3.63) is 35.1 Å². The minimum absolute atomic E-state index is 0.0412. The topological polar surface area (TPSA) is 98.5 Å². The van der Waals surface area contributed by atoms with E-state index in [4.69, 9.17) is 5.73 Å². The second-order valence-electron chi connectivity index (χ2n) is 4.18. The summed E-state index contributed by atoms with van der Waals surface area (Å²) in [7, 11) is 0. The molecule has 0 spiro atoms. The number of primary amides is 1. The lowest BCUT2D eigenvalue weighted by Gasteiger charge is -2.15. The lowest BCUT2D eigenvalue weighted by molar-refractivity contribution is -0.145. The molecular formula is C13H13F3N2O4. The van der Waals surface area contributed by atoms with Crippen LogP contribution in [0, 0.1) is 17.5 Å². The van der Waals surface area contributed by atoms with Gasteiger partial charge in [-0.2, -0.15) is 0 Å². The normalized spacial score (nSPS) is 11.6. The van der Waals surface area contributed by atoms with E-state index in [1.54, 1.807) is 0 Å². The molecule has 0 aliphatic carbocycles. The lowest BCUT2D eigenvalue weighted by atomic mass is 10.1. The van der Waals surface area contributed by atoms with E-state index in [0.717, 1.165) is 0 Å². The van der Waals surface area contributed by atoms with Crippen molar-refractivity contribution in [1.82, 2.24) is 5.32 Å². The lowest BCUT2D eigenvalue weighted by Crippen LogP contribution is -2.46. The van der Waals surface area contributed by atoms with Crippen LogP contribution >= 0.6 is 0 Å². The summed E-state index contributed by atoms with van der Waals surface area (Å²) >= 11 is 0. The molecule has 22 heavy (non-hydrogen) atoms. The minimum atomic E-state index is -1.52. The molecule has 120 valence electrons. The summed E-state index contributed by atoms with van der Waals surface area (Å²) in [6, 6.07) is -0.902. The second-order valence-corrected chi connectivity index (χ2v) is 4.18. The third-order valence-electron chi connectivity index (χ3n) is 2.56. The standard InChI is InChI=1S/C13H13F3N2O4/c1-2-22-10(19)5-9(12(17)20)18-13(21)11-7(15)3-6(14)4-8(11)16/h3-4,9H,2,5H2,1H3,(H2,17,20)(H,18,21)/t9-/m0/s1. The van der Waals surface area contributed by atoms with Gasteiger partial charge < -0.3 is 15.8 Å². The maximum atomic E-state index is 13.4. The Labute approximate surface area is 123 Å². The SMILES string of the molecule is CCOC(=O)C[C@H](NC(=O)c1c(F)cc(F)cc1F)C(N)=O. The largest absolute Gasteiger partial charge is 0.466 e. The van der Waals surface area contributed by atoms with Gasteiger partial charge in [-0.1, -0.05) is 0 Å². The van der Waals surface area contributed by atoms with Gasteiger partial charge in [0.25, 0.3) is 5.91 Å². The zero-order valence-electron chi connectivity index (χ0n) is 11.5. The summed E-state index contributed by atoms with van der Waals surface area (Å²) in [4.78, 5) is 34.2. The predicted molar refractivity (Wildman–Crippen MR) is 68.0 cm³/mol. The highest BCUT2D eigenvalue weighted by Crippen LogP contribution is 2.15. The molecule has 0 saturated carbocycles. The predicted octanol–water partition coefficient (Wildman–Crippen LogP) is 0.641. The fourth-order valence-electron chi connectivity index (χ4n) is 1.60. The van der Waals surface area contributed by atoms with Crippen LogP contribution in [0.1, 0.15) is 23.7 Å². The summed E-state index contributed by atoms with van der Waals surface area (Å²) in [5.41, 5.74) is 3.91. The molecule has 1 rings (SSSR count). The molecule has 1 atom stereocenters. The van der Waals surface area contributed by atoms with Crippen molar-refractivity contribution in [1.29, 1.82) is 0 Å². The number of ether oxygens (including phenoxy) is 1. The van der Waals surface area contributed by atoms with Gasteiger partial charge in [0.15, 0.2) is 0 Å². The quantitative estimate of drug-likeness (QED) is 0.752. The first-order valence-electron chi connectivity index (χ1n) is 6.16. The van der Waals surface area contributed by atoms with E-state index in [-0.39, 0.29) is 6.61 Å². The van der Waals surface area contributed by atoms with Gasteiger partial charge in [0.1, 0.15) is 29.1 Å². The molecule has 1 aromatic rings. The van der Waals surface area contributed by atoms with Crippen LogP contribution in [-0.2, 0) is 14.3 Å². The molecule has 0 fully saturated rings. The monoisotopic (exact) mass is 318 g/mol. The number of hydrogen-bond donors (Lipinski definition) is 2. The highest BCUT2D eigenvalue weighted by molar-refractivity contribution is 5.98. The molecule has 0 unspecified atom stereocenters. The Morgan fingerprint density at radius 1 is 1.23 bits per heavy atom. The number of nitrogens with two attached hydrogens (primary N) is 1. The number of nitrogens with one attached hydrogen (secondary N) is 1. The third-order valence-corrected chi connectivity index (χ3v) is 2.56. The Morgan fingerprint density at radius 3 is 2.23 bits per heavy atom. The Hall–Kier alpha value is -2.58. The molecule has 3 N–H and O–H groups in total. The van der Waals surface area contributed by atoms with Crippen LogP contribution < -0.4 is 11.1 Å². The smallest absolute Gasteiger partial charge is 0.308 e. The number of carbonyl (C=O) groups is 3. The molecule has 9 heteroatoms. The number of hydrogen-bond acceptors (Lipinski definition) is 4. The average molecular weight is 318 g/mol. The van der Waals surface area contributed by atoms with E-state index in [1.807, 2.05) is 5.32 Å². The average Bonchev–Trinajstić information content (AvgIpc) is 2.36. The van der Waals surface area contributed by atoms with Gasteiger partial charge in [-0.15, -0.1) is 0 Å². The first-order chi connectivity index (χ1) is 10.3. The number of carbonyl (C=O) groups excluding carboxylic acids is 3. The number of halogens is 3. The van der Waals surface area contributed by atoms with E-state index in [0.29, 0.717) is 12.1 Å². The summed E-state index contributed by atoms with van der Waals surface area (Å²) in [5, 5.41) is 1.91. The van der Waals surface area contributed by atoms with Crippen LogP contribution in [0.15, 0.2) is 12.1 Å². The fourth-order valence-corrected chi connectivity index (χ4v) is 1.60. The van der Waals surface area contributed by atoms with Crippen LogP contribution in [0.3, 0.4) is 0 Å². The van der Waals surface area contributed by atoms with Gasteiger partial charge in [0.2, 0.25) is 5.91 Å². The van der Waals surface area contributed by atoms with Crippen LogP contribution in [-0.4, -0.2) is 30.4 Å². The van der Waals surface area contributed by atoms with Crippen molar-refractivity contribution in [3.63, 3.8) is 0 Å². The Bertz CT molecular complexity index is 584. The van der Waals surface area contributed by atoms with Crippen molar-refractivity contribution >= 4 is 17.8 Å². The molecular weight excluding hydrogens is 305 g/mol. The van der Waals surface area contributed by atoms with Gasteiger partial charge in [-0.05, 0) is 6.92 Å². The highest BCUT2D eigenvalue weighted by atomic mass is 19.1. The Balaban J connectivity index is 2.93. The third kappa shape index (κ3) is 4.47.